The Balaban J connectivity index is 2.15. The van der Waals surface area contributed by atoms with Crippen molar-refractivity contribution in [2.75, 3.05) is 18.6 Å². The van der Waals surface area contributed by atoms with Crippen molar-refractivity contribution in [2.24, 2.45) is 11.7 Å². The van der Waals surface area contributed by atoms with Gasteiger partial charge in [0.15, 0.2) is 0 Å². The lowest BCUT2D eigenvalue weighted by Gasteiger charge is -2.22. The Hall–Kier alpha value is -1.55. The average molecular weight is 262 g/mol. The predicted molar refractivity (Wildman–Crippen MR) is 76.5 cm³/mol. The van der Waals surface area contributed by atoms with Crippen molar-refractivity contribution in [3.8, 4) is 5.75 Å². The molecule has 2 rings (SSSR count). The lowest BCUT2D eigenvalue weighted by molar-refractivity contribution is -0.120. The number of amides is 1. The summed E-state index contributed by atoms with van der Waals surface area (Å²) >= 11 is 0. The van der Waals surface area contributed by atoms with Gasteiger partial charge in [-0.15, -0.1) is 0 Å². The number of ether oxygens (including phenoxy) is 1. The van der Waals surface area contributed by atoms with Crippen LogP contribution in [0.3, 0.4) is 0 Å². The monoisotopic (exact) mass is 262 g/mol. The topological polar surface area (TPSA) is 55.6 Å². The Bertz CT molecular complexity index is 471. The molecule has 1 aromatic carbocycles. The van der Waals surface area contributed by atoms with Crippen molar-refractivity contribution in [2.45, 2.75) is 32.7 Å². The molecule has 0 aromatic heterocycles. The fourth-order valence-corrected chi connectivity index (χ4v) is 2.54. The van der Waals surface area contributed by atoms with Gasteiger partial charge in [-0.1, -0.05) is 13.8 Å². The molecule has 0 fully saturated rings. The summed E-state index contributed by atoms with van der Waals surface area (Å²) < 4.78 is 5.21. The molecular formula is C15H22N2O2. The third-order valence-corrected chi connectivity index (χ3v) is 3.49. The van der Waals surface area contributed by atoms with E-state index in [1.807, 2.05) is 23.1 Å². The summed E-state index contributed by atoms with van der Waals surface area (Å²) in [6.07, 6.45) is 1.59. The van der Waals surface area contributed by atoms with Gasteiger partial charge in [-0.05, 0) is 42.5 Å². The number of anilines is 1. The fraction of sp³-hybridized carbons (Fsp3) is 0.533. The molecule has 2 N–H and O–H groups in total. The predicted octanol–water partition coefficient (Wildman–Crippen LogP) is 1.96. The van der Waals surface area contributed by atoms with E-state index in [0.29, 0.717) is 12.5 Å². The number of carbonyl (C=O) groups is 1. The van der Waals surface area contributed by atoms with Gasteiger partial charge in [-0.25, -0.2) is 0 Å². The Labute approximate surface area is 114 Å². The van der Waals surface area contributed by atoms with Gasteiger partial charge in [0, 0.05) is 12.2 Å². The second-order valence-corrected chi connectivity index (χ2v) is 5.47. The second kappa shape index (κ2) is 5.61. The van der Waals surface area contributed by atoms with Crippen LogP contribution in [0.5, 0.6) is 5.75 Å². The SMILES string of the molecule is COc1ccc2c(c1)CCN2C(=O)[C@@H](N)CC(C)C. The summed E-state index contributed by atoms with van der Waals surface area (Å²) in [5.74, 6) is 1.29. The third kappa shape index (κ3) is 2.89. The number of benzene rings is 1. The zero-order valence-electron chi connectivity index (χ0n) is 11.8. The number of nitrogens with zero attached hydrogens (tertiary/aromatic N) is 1. The van der Waals surface area contributed by atoms with Crippen LogP contribution < -0.4 is 15.4 Å². The van der Waals surface area contributed by atoms with Crippen LogP contribution in [-0.2, 0) is 11.2 Å². The van der Waals surface area contributed by atoms with Crippen molar-refractivity contribution < 1.29 is 9.53 Å². The van der Waals surface area contributed by atoms with Crippen molar-refractivity contribution in [1.82, 2.24) is 0 Å². The van der Waals surface area contributed by atoms with Crippen LogP contribution in [0.15, 0.2) is 18.2 Å². The molecule has 1 amide bonds. The van der Waals surface area contributed by atoms with Crippen molar-refractivity contribution >= 4 is 11.6 Å². The molecule has 1 aromatic rings. The first-order chi connectivity index (χ1) is 9.02. The van der Waals surface area contributed by atoms with Crippen LogP contribution in [0, 0.1) is 5.92 Å². The van der Waals surface area contributed by atoms with E-state index in [2.05, 4.69) is 13.8 Å². The Morgan fingerprint density at radius 3 is 2.84 bits per heavy atom. The molecule has 19 heavy (non-hydrogen) atoms. The van der Waals surface area contributed by atoms with Gasteiger partial charge in [0.2, 0.25) is 5.91 Å². The van der Waals surface area contributed by atoms with Crippen molar-refractivity contribution in [3.05, 3.63) is 23.8 Å². The van der Waals surface area contributed by atoms with Gasteiger partial charge in [0.05, 0.1) is 13.2 Å². The largest absolute Gasteiger partial charge is 0.497 e. The first-order valence-electron chi connectivity index (χ1n) is 6.76. The molecule has 0 aliphatic carbocycles. The van der Waals surface area contributed by atoms with Crippen LogP contribution in [0.25, 0.3) is 0 Å². The van der Waals surface area contributed by atoms with Gasteiger partial charge in [0.25, 0.3) is 0 Å². The van der Waals surface area contributed by atoms with Gasteiger partial charge in [-0.2, -0.15) is 0 Å². The summed E-state index contributed by atoms with van der Waals surface area (Å²) in [6.45, 7) is 4.87. The van der Waals surface area contributed by atoms with E-state index in [-0.39, 0.29) is 5.91 Å². The van der Waals surface area contributed by atoms with E-state index in [1.54, 1.807) is 7.11 Å². The van der Waals surface area contributed by atoms with Crippen LogP contribution in [0.4, 0.5) is 5.69 Å². The maximum atomic E-state index is 12.4. The van der Waals surface area contributed by atoms with Crippen LogP contribution in [0.1, 0.15) is 25.8 Å². The molecular weight excluding hydrogens is 240 g/mol. The highest BCUT2D eigenvalue weighted by Gasteiger charge is 2.28. The smallest absolute Gasteiger partial charge is 0.243 e. The lowest BCUT2D eigenvalue weighted by Crippen LogP contribution is -2.43. The minimum atomic E-state index is -0.409. The number of fused-ring (bicyclic) bond motifs is 1. The molecule has 0 spiro atoms. The summed E-state index contributed by atoms with van der Waals surface area (Å²) in [4.78, 5) is 14.2. The van der Waals surface area contributed by atoms with Gasteiger partial charge in [-0.3, -0.25) is 4.79 Å². The highest BCUT2D eigenvalue weighted by molar-refractivity contribution is 5.98. The molecule has 0 saturated heterocycles. The Morgan fingerprint density at radius 2 is 2.21 bits per heavy atom. The van der Waals surface area contributed by atoms with Crippen LogP contribution in [-0.4, -0.2) is 25.6 Å². The van der Waals surface area contributed by atoms with E-state index >= 15 is 0 Å². The number of nitrogens with two attached hydrogens (primary N) is 1. The molecule has 1 aliphatic rings. The maximum absolute atomic E-state index is 12.4. The summed E-state index contributed by atoms with van der Waals surface area (Å²) in [7, 11) is 1.65. The Morgan fingerprint density at radius 1 is 1.47 bits per heavy atom. The van der Waals surface area contributed by atoms with Gasteiger partial charge < -0.3 is 15.4 Å². The second-order valence-electron chi connectivity index (χ2n) is 5.47. The minimum absolute atomic E-state index is 0.0256. The van der Waals surface area contributed by atoms with Gasteiger partial charge >= 0.3 is 0 Å². The van der Waals surface area contributed by atoms with Gasteiger partial charge in [0.1, 0.15) is 5.75 Å². The normalized spacial score (nSPS) is 15.5. The zero-order chi connectivity index (χ0) is 14.0. The zero-order valence-corrected chi connectivity index (χ0v) is 11.8. The Kier molecular flexibility index (Phi) is 4.10. The number of hydrogen-bond acceptors (Lipinski definition) is 3. The molecule has 1 aliphatic heterocycles. The third-order valence-electron chi connectivity index (χ3n) is 3.49. The fourth-order valence-electron chi connectivity index (χ4n) is 2.54. The van der Waals surface area contributed by atoms with Crippen molar-refractivity contribution in [3.63, 3.8) is 0 Å². The maximum Gasteiger partial charge on any atom is 0.243 e. The van der Waals surface area contributed by atoms with E-state index in [0.717, 1.165) is 29.8 Å². The van der Waals surface area contributed by atoms with Crippen LogP contribution in [0.2, 0.25) is 0 Å². The average Bonchev–Trinajstić information content (AvgIpc) is 2.79. The molecule has 1 atom stereocenters. The quantitative estimate of drug-likeness (QED) is 0.902. The molecule has 4 nitrogen and oxygen atoms in total. The highest BCUT2D eigenvalue weighted by Crippen LogP contribution is 2.31. The molecule has 1 heterocycles. The van der Waals surface area contributed by atoms with Crippen LogP contribution >= 0.6 is 0 Å². The summed E-state index contributed by atoms with van der Waals surface area (Å²) in [6, 6.07) is 5.42. The molecule has 4 heteroatoms. The number of rotatable bonds is 4. The number of hydrogen-bond donors (Lipinski definition) is 1. The van der Waals surface area contributed by atoms with E-state index in [9.17, 15) is 4.79 Å². The molecule has 0 saturated carbocycles. The standard InChI is InChI=1S/C15H22N2O2/c1-10(2)8-13(16)15(18)17-7-6-11-9-12(19-3)4-5-14(11)17/h4-5,9-10,13H,6-8,16H2,1-3H3/t13-/m0/s1. The first kappa shape index (κ1) is 13.9. The van der Waals surface area contributed by atoms with E-state index in [4.69, 9.17) is 10.5 Å². The molecule has 104 valence electrons. The van der Waals surface area contributed by atoms with Crippen molar-refractivity contribution in [1.29, 1.82) is 0 Å². The molecule has 0 unspecified atom stereocenters. The minimum Gasteiger partial charge on any atom is -0.497 e. The molecule has 0 radical (unpaired) electrons. The summed E-state index contributed by atoms with van der Waals surface area (Å²) in [5.41, 5.74) is 8.13. The summed E-state index contributed by atoms with van der Waals surface area (Å²) in [5, 5.41) is 0. The lowest BCUT2D eigenvalue weighted by atomic mass is 10.0. The van der Waals surface area contributed by atoms with E-state index in [1.165, 1.54) is 0 Å². The highest BCUT2D eigenvalue weighted by atomic mass is 16.5. The first-order valence-corrected chi connectivity index (χ1v) is 6.76. The van der Waals surface area contributed by atoms with E-state index < -0.39 is 6.04 Å². The number of carbonyl (C=O) groups excluding carboxylic acids is 1. The molecule has 0 bridgehead atoms. The number of methoxy groups -OCH3 is 1.